The third kappa shape index (κ3) is 5.02. The van der Waals surface area contributed by atoms with E-state index in [-0.39, 0.29) is 22.9 Å². The number of carbonyl (C=O) groups excluding carboxylic acids is 2. The minimum atomic E-state index is -0.471. The van der Waals surface area contributed by atoms with E-state index in [9.17, 15) is 14.0 Å². The van der Waals surface area contributed by atoms with Gasteiger partial charge in [0.2, 0.25) is 0 Å². The van der Waals surface area contributed by atoms with E-state index in [4.69, 9.17) is 0 Å². The number of amides is 1. The van der Waals surface area contributed by atoms with Gasteiger partial charge in [-0.2, -0.15) is 0 Å². The Morgan fingerprint density at radius 1 is 1.06 bits per heavy atom. The molecule has 2 aliphatic rings. The summed E-state index contributed by atoms with van der Waals surface area (Å²) in [4.78, 5) is 29.3. The molecular formula is C29H34FN3O2. The van der Waals surface area contributed by atoms with E-state index in [1.807, 2.05) is 19.1 Å². The zero-order valence-corrected chi connectivity index (χ0v) is 21.2. The summed E-state index contributed by atoms with van der Waals surface area (Å²) < 4.78 is 13.4. The zero-order chi connectivity index (χ0) is 25.3. The Hall–Kier alpha value is -3.41. The molecule has 0 fully saturated rings. The van der Waals surface area contributed by atoms with Crippen LogP contribution in [0.4, 0.5) is 15.8 Å². The predicted octanol–water partition coefficient (Wildman–Crippen LogP) is 5.91. The first-order valence-electron chi connectivity index (χ1n) is 12.3. The van der Waals surface area contributed by atoms with Gasteiger partial charge < -0.3 is 15.5 Å². The number of Topliss-reactive ketones (excluding diaryl/α,β-unsaturated/α-hetero) is 1. The number of dihydropyridines is 1. The van der Waals surface area contributed by atoms with Crippen molar-refractivity contribution >= 4 is 23.1 Å². The second-order valence-corrected chi connectivity index (χ2v) is 10.2. The fourth-order valence-electron chi connectivity index (χ4n) is 5.27. The molecule has 4 rings (SSSR count). The first-order valence-corrected chi connectivity index (χ1v) is 12.3. The van der Waals surface area contributed by atoms with Gasteiger partial charge in [0.25, 0.3) is 5.91 Å². The fourth-order valence-corrected chi connectivity index (χ4v) is 5.27. The highest BCUT2D eigenvalue weighted by atomic mass is 19.1. The van der Waals surface area contributed by atoms with Gasteiger partial charge in [-0.05, 0) is 74.6 Å². The number of nitrogens with zero attached hydrogens (tertiary/aromatic N) is 1. The lowest BCUT2D eigenvalue weighted by atomic mass is 9.68. The van der Waals surface area contributed by atoms with E-state index in [1.54, 1.807) is 0 Å². The molecule has 2 aromatic rings. The lowest BCUT2D eigenvalue weighted by Crippen LogP contribution is -2.39. The van der Waals surface area contributed by atoms with E-state index >= 15 is 0 Å². The smallest absolute Gasteiger partial charge is 0.254 e. The Bertz CT molecular complexity index is 1190. The maximum Gasteiger partial charge on any atom is 0.254 e. The molecule has 1 amide bonds. The van der Waals surface area contributed by atoms with Crippen molar-refractivity contribution in [3.8, 4) is 0 Å². The van der Waals surface area contributed by atoms with Gasteiger partial charge in [0.15, 0.2) is 5.78 Å². The molecule has 2 aromatic carbocycles. The van der Waals surface area contributed by atoms with Crippen molar-refractivity contribution in [2.24, 2.45) is 5.41 Å². The van der Waals surface area contributed by atoms with Crippen molar-refractivity contribution in [1.82, 2.24) is 5.32 Å². The number of allylic oxidation sites excluding steroid dienone is 3. The average Bonchev–Trinajstić information content (AvgIpc) is 2.80. The molecule has 0 radical (unpaired) electrons. The SMILES string of the molecule is CCN(CC)c1ccc([C@@H]2C(C(=O)Nc3ccc(F)cc3)=C(C)NC3=C2C(=O)CC(C)(C)C3)cc1. The summed E-state index contributed by atoms with van der Waals surface area (Å²) in [6, 6.07) is 13.9. The molecule has 2 N–H and O–H groups in total. The fraction of sp³-hybridized carbons (Fsp3) is 0.379. The molecule has 0 bridgehead atoms. The van der Waals surface area contributed by atoms with Gasteiger partial charge in [-0.3, -0.25) is 9.59 Å². The van der Waals surface area contributed by atoms with E-state index < -0.39 is 5.92 Å². The van der Waals surface area contributed by atoms with E-state index in [1.165, 1.54) is 24.3 Å². The summed E-state index contributed by atoms with van der Waals surface area (Å²) in [5.74, 6) is -1.07. The quantitative estimate of drug-likeness (QED) is 0.545. The van der Waals surface area contributed by atoms with Crippen LogP contribution >= 0.6 is 0 Å². The van der Waals surface area contributed by atoms with Crippen LogP contribution in [0.1, 0.15) is 58.9 Å². The lowest BCUT2D eigenvalue weighted by molar-refractivity contribution is -0.118. The van der Waals surface area contributed by atoms with Crippen LogP contribution in [0, 0.1) is 11.2 Å². The Morgan fingerprint density at radius 2 is 1.69 bits per heavy atom. The number of halogens is 1. The molecule has 184 valence electrons. The molecule has 0 aromatic heterocycles. The monoisotopic (exact) mass is 475 g/mol. The first-order chi connectivity index (χ1) is 16.6. The number of hydrogen-bond donors (Lipinski definition) is 2. The van der Waals surface area contributed by atoms with Crippen molar-refractivity contribution < 1.29 is 14.0 Å². The third-order valence-electron chi connectivity index (χ3n) is 6.94. The average molecular weight is 476 g/mol. The van der Waals surface area contributed by atoms with Crippen molar-refractivity contribution in [2.45, 2.75) is 53.4 Å². The van der Waals surface area contributed by atoms with Gasteiger partial charge in [-0.1, -0.05) is 26.0 Å². The number of hydrogen-bond acceptors (Lipinski definition) is 4. The van der Waals surface area contributed by atoms with Crippen LogP contribution < -0.4 is 15.5 Å². The van der Waals surface area contributed by atoms with E-state index in [0.717, 1.165) is 42.2 Å². The Labute approximate surface area is 207 Å². The normalized spacial score (nSPS) is 19.3. The highest BCUT2D eigenvalue weighted by Crippen LogP contribution is 2.47. The van der Waals surface area contributed by atoms with Gasteiger partial charge in [0.1, 0.15) is 5.82 Å². The highest BCUT2D eigenvalue weighted by Gasteiger charge is 2.42. The Kier molecular flexibility index (Phi) is 6.84. The largest absolute Gasteiger partial charge is 0.372 e. The molecule has 1 atom stereocenters. The molecule has 6 heteroatoms. The molecule has 0 saturated carbocycles. The summed E-state index contributed by atoms with van der Waals surface area (Å²) in [6.07, 6.45) is 1.18. The molecule has 5 nitrogen and oxygen atoms in total. The van der Waals surface area contributed by atoms with Crippen LogP contribution in [-0.2, 0) is 9.59 Å². The molecule has 35 heavy (non-hydrogen) atoms. The van der Waals surface area contributed by atoms with Gasteiger partial charge in [-0.25, -0.2) is 4.39 Å². The zero-order valence-electron chi connectivity index (χ0n) is 21.2. The van der Waals surface area contributed by atoms with Crippen LogP contribution in [0.5, 0.6) is 0 Å². The minimum Gasteiger partial charge on any atom is -0.372 e. The second-order valence-electron chi connectivity index (χ2n) is 10.2. The van der Waals surface area contributed by atoms with Crippen molar-refractivity contribution in [2.75, 3.05) is 23.3 Å². The highest BCUT2D eigenvalue weighted by molar-refractivity contribution is 6.10. The number of anilines is 2. The van der Waals surface area contributed by atoms with E-state index in [2.05, 4.69) is 55.4 Å². The molecule has 1 aliphatic carbocycles. The predicted molar refractivity (Wildman–Crippen MR) is 139 cm³/mol. The number of nitrogens with one attached hydrogen (secondary N) is 2. The number of benzene rings is 2. The van der Waals surface area contributed by atoms with Crippen molar-refractivity contribution in [3.05, 3.63) is 82.5 Å². The summed E-state index contributed by atoms with van der Waals surface area (Å²) >= 11 is 0. The van der Waals surface area contributed by atoms with Crippen LogP contribution in [0.2, 0.25) is 0 Å². The summed E-state index contributed by atoms with van der Waals surface area (Å²) in [7, 11) is 0. The summed E-state index contributed by atoms with van der Waals surface area (Å²) in [6.45, 7) is 12.1. The van der Waals surface area contributed by atoms with Crippen LogP contribution in [0.15, 0.2) is 71.1 Å². The molecular weight excluding hydrogens is 441 g/mol. The molecule has 0 saturated heterocycles. The Balaban J connectivity index is 1.78. The summed E-state index contributed by atoms with van der Waals surface area (Å²) in [5.41, 5.74) is 5.19. The second kappa shape index (κ2) is 9.68. The standard InChI is InChI=1S/C29H34FN3O2/c1-6-33(7-2)22-14-8-19(9-15-22)26-25(28(35)32-21-12-10-20(30)11-13-21)18(3)31-23-16-29(4,5)17-24(34)27(23)26/h8-15,26,31H,6-7,16-17H2,1-5H3,(H,32,35)/t26-/m1/s1. The van der Waals surface area contributed by atoms with Gasteiger partial charge in [-0.15, -0.1) is 0 Å². The first kappa shape index (κ1) is 24.7. The van der Waals surface area contributed by atoms with E-state index in [0.29, 0.717) is 23.3 Å². The maximum atomic E-state index is 13.6. The van der Waals surface area contributed by atoms with Gasteiger partial charge in [0, 0.05) is 59.3 Å². The maximum absolute atomic E-state index is 13.6. The van der Waals surface area contributed by atoms with Crippen molar-refractivity contribution in [3.63, 3.8) is 0 Å². The van der Waals surface area contributed by atoms with Gasteiger partial charge in [0.05, 0.1) is 0 Å². The van der Waals surface area contributed by atoms with Crippen molar-refractivity contribution in [1.29, 1.82) is 0 Å². The Morgan fingerprint density at radius 3 is 2.29 bits per heavy atom. The lowest BCUT2D eigenvalue weighted by Gasteiger charge is -2.39. The number of rotatable bonds is 6. The minimum absolute atomic E-state index is 0.0705. The van der Waals surface area contributed by atoms with Gasteiger partial charge >= 0.3 is 0 Å². The molecule has 0 spiro atoms. The topological polar surface area (TPSA) is 61.4 Å². The molecule has 1 aliphatic heterocycles. The summed E-state index contributed by atoms with van der Waals surface area (Å²) in [5, 5.41) is 6.29. The van der Waals surface area contributed by atoms with Crippen LogP contribution in [0.3, 0.4) is 0 Å². The number of ketones is 1. The van der Waals surface area contributed by atoms with Crippen LogP contribution in [-0.4, -0.2) is 24.8 Å². The molecule has 0 unspecified atom stereocenters. The third-order valence-corrected chi connectivity index (χ3v) is 6.94. The number of carbonyl (C=O) groups is 2. The van der Waals surface area contributed by atoms with Crippen LogP contribution in [0.25, 0.3) is 0 Å². The molecule has 1 heterocycles.